The Hall–Kier alpha value is -1.51. The third-order valence-corrected chi connectivity index (χ3v) is 3.64. The lowest BCUT2D eigenvalue weighted by atomic mass is 9.90. The van der Waals surface area contributed by atoms with Crippen LogP contribution in [0, 0.1) is 5.92 Å². The molecular weight excluding hydrogens is 216 g/mol. The molecule has 17 heavy (non-hydrogen) atoms. The van der Waals surface area contributed by atoms with Crippen LogP contribution in [0.4, 0.5) is 0 Å². The molecule has 1 aliphatic carbocycles. The Bertz CT molecular complexity index is 425. The monoisotopic (exact) mass is 234 g/mol. The van der Waals surface area contributed by atoms with Gasteiger partial charge in [-0.05, 0) is 36.0 Å². The first-order valence-corrected chi connectivity index (χ1v) is 5.96. The van der Waals surface area contributed by atoms with Crippen molar-refractivity contribution in [1.29, 1.82) is 0 Å². The minimum atomic E-state index is -0.116. The maximum atomic E-state index is 11.8. The third kappa shape index (κ3) is 1.90. The van der Waals surface area contributed by atoms with Crippen LogP contribution in [0.5, 0.6) is 5.75 Å². The molecule has 0 amide bonds. The summed E-state index contributed by atoms with van der Waals surface area (Å²) >= 11 is 0. The quantitative estimate of drug-likeness (QED) is 0.754. The number of carbonyl (C=O) groups excluding carboxylic acids is 1. The van der Waals surface area contributed by atoms with Crippen molar-refractivity contribution in [3.05, 3.63) is 29.3 Å². The molecule has 2 rings (SSSR count). The van der Waals surface area contributed by atoms with E-state index in [9.17, 15) is 4.79 Å². The minimum Gasteiger partial charge on any atom is -0.496 e. The second-order valence-corrected chi connectivity index (χ2v) is 4.38. The summed E-state index contributed by atoms with van der Waals surface area (Å²) in [6.45, 7) is 2.11. The molecular formula is C14H18O3. The number of hydrogen-bond donors (Lipinski definition) is 0. The van der Waals surface area contributed by atoms with E-state index in [0.717, 1.165) is 24.2 Å². The lowest BCUT2D eigenvalue weighted by molar-refractivity contribution is -0.145. The SMILES string of the molecule is CCC1c2cccc(OC)c2CC1C(=O)OC. The zero-order chi connectivity index (χ0) is 12.4. The van der Waals surface area contributed by atoms with Crippen LogP contribution in [-0.2, 0) is 16.0 Å². The molecule has 0 saturated carbocycles. The molecule has 92 valence electrons. The van der Waals surface area contributed by atoms with Crippen molar-refractivity contribution in [1.82, 2.24) is 0 Å². The molecule has 2 atom stereocenters. The summed E-state index contributed by atoms with van der Waals surface area (Å²) in [5.74, 6) is 0.964. The highest BCUT2D eigenvalue weighted by Gasteiger charge is 2.38. The molecule has 1 aromatic rings. The van der Waals surface area contributed by atoms with E-state index in [1.54, 1.807) is 7.11 Å². The largest absolute Gasteiger partial charge is 0.496 e. The number of methoxy groups -OCH3 is 2. The first kappa shape index (κ1) is 12.0. The molecule has 0 fully saturated rings. The number of ether oxygens (including phenoxy) is 2. The molecule has 0 heterocycles. The second-order valence-electron chi connectivity index (χ2n) is 4.38. The molecule has 3 nitrogen and oxygen atoms in total. The van der Waals surface area contributed by atoms with Crippen LogP contribution in [0.25, 0.3) is 0 Å². The van der Waals surface area contributed by atoms with Gasteiger partial charge < -0.3 is 9.47 Å². The van der Waals surface area contributed by atoms with Crippen molar-refractivity contribution in [3.63, 3.8) is 0 Å². The fraction of sp³-hybridized carbons (Fsp3) is 0.500. The van der Waals surface area contributed by atoms with Gasteiger partial charge in [0.2, 0.25) is 0 Å². The topological polar surface area (TPSA) is 35.5 Å². The Balaban J connectivity index is 2.40. The maximum absolute atomic E-state index is 11.8. The van der Waals surface area contributed by atoms with Crippen LogP contribution in [-0.4, -0.2) is 20.2 Å². The van der Waals surface area contributed by atoms with Crippen LogP contribution >= 0.6 is 0 Å². The highest BCUT2D eigenvalue weighted by atomic mass is 16.5. The summed E-state index contributed by atoms with van der Waals surface area (Å²) in [5.41, 5.74) is 2.40. The number of fused-ring (bicyclic) bond motifs is 1. The summed E-state index contributed by atoms with van der Waals surface area (Å²) in [4.78, 5) is 11.8. The summed E-state index contributed by atoms with van der Waals surface area (Å²) in [6, 6.07) is 6.03. The van der Waals surface area contributed by atoms with E-state index in [4.69, 9.17) is 9.47 Å². The Kier molecular flexibility index (Phi) is 3.36. The number of benzene rings is 1. The van der Waals surface area contributed by atoms with Gasteiger partial charge in [-0.2, -0.15) is 0 Å². The van der Waals surface area contributed by atoms with Crippen LogP contribution < -0.4 is 4.74 Å². The number of rotatable bonds is 3. The van der Waals surface area contributed by atoms with Crippen molar-refractivity contribution < 1.29 is 14.3 Å². The summed E-state index contributed by atoms with van der Waals surface area (Å²) in [7, 11) is 3.12. The minimum absolute atomic E-state index is 0.0590. The van der Waals surface area contributed by atoms with Crippen molar-refractivity contribution in [2.75, 3.05) is 14.2 Å². The Morgan fingerprint density at radius 1 is 1.41 bits per heavy atom. The van der Waals surface area contributed by atoms with E-state index in [2.05, 4.69) is 13.0 Å². The van der Waals surface area contributed by atoms with E-state index in [1.807, 2.05) is 12.1 Å². The van der Waals surface area contributed by atoms with Crippen molar-refractivity contribution in [2.45, 2.75) is 25.7 Å². The molecule has 0 radical (unpaired) electrons. The smallest absolute Gasteiger partial charge is 0.309 e. The summed E-state index contributed by atoms with van der Waals surface area (Å²) < 4.78 is 10.3. The van der Waals surface area contributed by atoms with Gasteiger partial charge in [-0.25, -0.2) is 0 Å². The standard InChI is InChI=1S/C14H18O3/c1-4-9-10-6-5-7-13(16-2)11(10)8-12(9)14(15)17-3/h5-7,9,12H,4,8H2,1-3H3. The molecule has 0 aliphatic heterocycles. The average Bonchev–Trinajstić information content (AvgIpc) is 2.75. The number of esters is 1. The van der Waals surface area contributed by atoms with E-state index in [1.165, 1.54) is 12.7 Å². The molecule has 0 bridgehead atoms. The fourth-order valence-electron chi connectivity index (χ4n) is 2.82. The van der Waals surface area contributed by atoms with Crippen molar-refractivity contribution in [3.8, 4) is 5.75 Å². The molecule has 0 aromatic heterocycles. The van der Waals surface area contributed by atoms with Gasteiger partial charge in [0.25, 0.3) is 0 Å². The van der Waals surface area contributed by atoms with Crippen molar-refractivity contribution >= 4 is 5.97 Å². The normalized spacial score (nSPS) is 22.1. The molecule has 3 heteroatoms. The van der Waals surface area contributed by atoms with E-state index in [-0.39, 0.29) is 17.8 Å². The van der Waals surface area contributed by atoms with E-state index < -0.39 is 0 Å². The predicted molar refractivity (Wildman–Crippen MR) is 65.2 cm³/mol. The van der Waals surface area contributed by atoms with Gasteiger partial charge in [0.1, 0.15) is 5.75 Å². The van der Waals surface area contributed by atoms with Crippen LogP contribution in [0.15, 0.2) is 18.2 Å². The molecule has 2 unspecified atom stereocenters. The Labute approximate surface area is 102 Å². The Morgan fingerprint density at radius 3 is 2.76 bits per heavy atom. The number of hydrogen-bond acceptors (Lipinski definition) is 3. The van der Waals surface area contributed by atoms with Crippen LogP contribution in [0.1, 0.15) is 30.4 Å². The van der Waals surface area contributed by atoms with Gasteiger partial charge >= 0.3 is 5.97 Å². The average molecular weight is 234 g/mol. The highest BCUT2D eigenvalue weighted by Crippen LogP contribution is 2.44. The highest BCUT2D eigenvalue weighted by molar-refractivity contribution is 5.76. The first-order valence-electron chi connectivity index (χ1n) is 5.96. The van der Waals surface area contributed by atoms with E-state index >= 15 is 0 Å². The predicted octanol–water partition coefficient (Wildman–Crippen LogP) is 2.53. The van der Waals surface area contributed by atoms with E-state index in [0.29, 0.717) is 0 Å². The lowest BCUT2D eigenvalue weighted by Gasteiger charge is -2.16. The summed E-state index contributed by atoms with van der Waals surface area (Å²) in [5, 5.41) is 0. The Morgan fingerprint density at radius 2 is 2.18 bits per heavy atom. The van der Waals surface area contributed by atoms with Gasteiger partial charge in [0.15, 0.2) is 0 Å². The van der Waals surface area contributed by atoms with Gasteiger partial charge in [-0.3, -0.25) is 4.79 Å². The van der Waals surface area contributed by atoms with Crippen LogP contribution in [0.3, 0.4) is 0 Å². The number of carbonyl (C=O) groups is 1. The van der Waals surface area contributed by atoms with Crippen molar-refractivity contribution in [2.24, 2.45) is 5.92 Å². The molecule has 1 aromatic carbocycles. The van der Waals surface area contributed by atoms with Gasteiger partial charge in [-0.15, -0.1) is 0 Å². The van der Waals surface area contributed by atoms with Gasteiger partial charge in [0, 0.05) is 0 Å². The molecule has 1 aliphatic rings. The van der Waals surface area contributed by atoms with Gasteiger partial charge in [-0.1, -0.05) is 19.1 Å². The fourth-order valence-corrected chi connectivity index (χ4v) is 2.82. The lowest BCUT2D eigenvalue weighted by Crippen LogP contribution is -2.20. The summed E-state index contributed by atoms with van der Waals surface area (Å²) in [6.07, 6.45) is 1.67. The molecule has 0 spiro atoms. The zero-order valence-corrected chi connectivity index (χ0v) is 10.5. The van der Waals surface area contributed by atoms with Gasteiger partial charge in [0.05, 0.1) is 20.1 Å². The maximum Gasteiger partial charge on any atom is 0.309 e. The second kappa shape index (κ2) is 4.78. The van der Waals surface area contributed by atoms with Crippen LogP contribution in [0.2, 0.25) is 0 Å². The first-order chi connectivity index (χ1) is 8.22. The third-order valence-electron chi connectivity index (χ3n) is 3.64. The molecule has 0 N–H and O–H groups in total. The zero-order valence-electron chi connectivity index (χ0n) is 10.5. The molecule has 0 saturated heterocycles.